The van der Waals surface area contributed by atoms with Crippen LogP contribution >= 0.6 is 0 Å². The van der Waals surface area contributed by atoms with E-state index < -0.39 is 34.8 Å². The van der Waals surface area contributed by atoms with E-state index in [1.165, 1.54) is 6.20 Å². The molecule has 3 nitrogen and oxygen atoms in total. The topological polar surface area (TPSA) is 38.1 Å². The van der Waals surface area contributed by atoms with E-state index in [0.717, 1.165) is 0 Å². The van der Waals surface area contributed by atoms with Gasteiger partial charge in [0.15, 0.2) is 23.3 Å². The molecule has 0 saturated carbocycles. The predicted molar refractivity (Wildman–Crippen MR) is 54.8 cm³/mol. The Balaban J connectivity index is 2.30. The molecule has 102 valence electrons. The van der Waals surface area contributed by atoms with E-state index in [1.807, 2.05) is 0 Å². The summed E-state index contributed by atoms with van der Waals surface area (Å²) in [5.41, 5.74) is -1.12. The Morgan fingerprint density at radius 1 is 1.00 bits per heavy atom. The van der Waals surface area contributed by atoms with Gasteiger partial charge in [0.25, 0.3) is 0 Å². The third-order valence-corrected chi connectivity index (χ3v) is 2.30. The average molecular weight is 278 g/mol. The minimum Gasteiger partial charge on any atom is -0.444 e. The maximum Gasteiger partial charge on any atom is 0.213 e. The van der Waals surface area contributed by atoms with Gasteiger partial charge in [0.05, 0.1) is 12.7 Å². The van der Waals surface area contributed by atoms with Gasteiger partial charge in [-0.3, -0.25) is 0 Å². The molecule has 0 unspecified atom stereocenters. The fourth-order valence-corrected chi connectivity index (χ4v) is 1.41. The standard InChI is InChI=1S/C11H7F5N2O/c1-4-2-17-5(19-4)3-18-11-9(15)7(13)6(12)8(14)10(11)16/h2,18H,3H2,1H3. The zero-order valence-electron chi connectivity index (χ0n) is 9.53. The molecule has 0 amide bonds. The van der Waals surface area contributed by atoms with Crippen LogP contribution in [0.3, 0.4) is 0 Å². The first kappa shape index (κ1) is 13.3. The van der Waals surface area contributed by atoms with Crippen molar-refractivity contribution in [2.45, 2.75) is 13.5 Å². The maximum atomic E-state index is 13.3. The van der Waals surface area contributed by atoms with Crippen LogP contribution in [-0.4, -0.2) is 4.98 Å². The smallest absolute Gasteiger partial charge is 0.213 e. The van der Waals surface area contributed by atoms with Crippen LogP contribution in [0.5, 0.6) is 0 Å². The number of anilines is 1. The van der Waals surface area contributed by atoms with Crippen molar-refractivity contribution in [3.63, 3.8) is 0 Å². The molecular formula is C11H7F5N2O. The number of aryl methyl sites for hydroxylation is 1. The van der Waals surface area contributed by atoms with Gasteiger partial charge in [0, 0.05) is 0 Å². The number of nitrogens with zero attached hydrogens (tertiary/aromatic N) is 1. The van der Waals surface area contributed by atoms with Crippen LogP contribution in [0.15, 0.2) is 10.6 Å². The van der Waals surface area contributed by atoms with E-state index in [2.05, 4.69) is 10.3 Å². The number of rotatable bonds is 3. The molecule has 2 aromatic rings. The van der Waals surface area contributed by atoms with Crippen molar-refractivity contribution in [2.75, 3.05) is 5.32 Å². The molecule has 1 aromatic heterocycles. The largest absolute Gasteiger partial charge is 0.444 e. The molecule has 1 heterocycles. The summed E-state index contributed by atoms with van der Waals surface area (Å²) in [6, 6.07) is 0. The van der Waals surface area contributed by atoms with Gasteiger partial charge in [0.1, 0.15) is 11.4 Å². The SMILES string of the molecule is Cc1cnc(CNc2c(F)c(F)c(F)c(F)c2F)o1. The first-order valence-corrected chi connectivity index (χ1v) is 5.08. The van der Waals surface area contributed by atoms with Gasteiger partial charge in [-0.05, 0) is 6.92 Å². The second-order valence-corrected chi connectivity index (χ2v) is 3.66. The van der Waals surface area contributed by atoms with Crippen molar-refractivity contribution in [3.05, 3.63) is 46.9 Å². The third-order valence-electron chi connectivity index (χ3n) is 2.30. The second-order valence-electron chi connectivity index (χ2n) is 3.66. The molecule has 8 heteroatoms. The first-order chi connectivity index (χ1) is 8.91. The highest BCUT2D eigenvalue weighted by Gasteiger charge is 2.25. The molecule has 19 heavy (non-hydrogen) atoms. The van der Waals surface area contributed by atoms with Crippen LogP contribution in [0.25, 0.3) is 0 Å². The fourth-order valence-electron chi connectivity index (χ4n) is 1.41. The van der Waals surface area contributed by atoms with Crippen LogP contribution in [0, 0.1) is 36.0 Å². The molecule has 0 aliphatic carbocycles. The fraction of sp³-hybridized carbons (Fsp3) is 0.182. The highest BCUT2D eigenvalue weighted by atomic mass is 19.2. The third kappa shape index (κ3) is 2.38. The Morgan fingerprint density at radius 3 is 2.00 bits per heavy atom. The number of hydrogen-bond acceptors (Lipinski definition) is 3. The van der Waals surface area contributed by atoms with Crippen molar-refractivity contribution in [1.29, 1.82) is 0 Å². The summed E-state index contributed by atoms with van der Waals surface area (Å²) in [7, 11) is 0. The minimum absolute atomic E-state index is 0.0569. The Morgan fingerprint density at radius 2 is 1.53 bits per heavy atom. The number of hydrogen-bond donors (Lipinski definition) is 1. The van der Waals surface area contributed by atoms with Gasteiger partial charge in [0.2, 0.25) is 11.7 Å². The van der Waals surface area contributed by atoms with Crippen molar-refractivity contribution in [3.8, 4) is 0 Å². The summed E-state index contributed by atoms with van der Waals surface area (Å²) in [5.74, 6) is -9.57. The lowest BCUT2D eigenvalue weighted by molar-refractivity contribution is 0.381. The van der Waals surface area contributed by atoms with Gasteiger partial charge >= 0.3 is 0 Å². The molecule has 2 rings (SSSR count). The molecular weight excluding hydrogens is 271 g/mol. The molecule has 0 radical (unpaired) electrons. The van der Waals surface area contributed by atoms with E-state index in [4.69, 9.17) is 4.42 Å². The molecule has 0 spiro atoms. The van der Waals surface area contributed by atoms with Gasteiger partial charge in [-0.1, -0.05) is 0 Å². The molecule has 0 bridgehead atoms. The molecule has 0 aliphatic heterocycles. The quantitative estimate of drug-likeness (QED) is 0.532. The number of halogens is 5. The van der Waals surface area contributed by atoms with E-state index in [0.29, 0.717) is 5.76 Å². The first-order valence-electron chi connectivity index (χ1n) is 5.08. The molecule has 0 saturated heterocycles. The lowest BCUT2D eigenvalue weighted by Gasteiger charge is -2.09. The van der Waals surface area contributed by atoms with Gasteiger partial charge < -0.3 is 9.73 Å². The average Bonchev–Trinajstić information content (AvgIpc) is 2.80. The Labute approximate surface area is 104 Å². The maximum absolute atomic E-state index is 13.3. The van der Waals surface area contributed by atoms with Crippen LogP contribution in [0.1, 0.15) is 11.7 Å². The van der Waals surface area contributed by atoms with Crippen molar-refractivity contribution in [2.24, 2.45) is 0 Å². The lowest BCUT2D eigenvalue weighted by atomic mass is 10.2. The number of aromatic nitrogens is 1. The Bertz CT molecular complexity index is 597. The zero-order chi connectivity index (χ0) is 14.2. The van der Waals surface area contributed by atoms with Crippen LogP contribution in [0.4, 0.5) is 27.6 Å². The van der Waals surface area contributed by atoms with E-state index >= 15 is 0 Å². The summed E-state index contributed by atoms with van der Waals surface area (Å²) in [4.78, 5) is 3.72. The Kier molecular flexibility index (Phi) is 3.41. The molecule has 1 aromatic carbocycles. The summed E-state index contributed by atoms with van der Waals surface area (Å²) in [5, 5.41) is 2.07. The normalized spacial score (nSPS) is 10.8. The summed E-state index contributed by atoms with van der Waals surface area (Å²) < 4.78 is 70.1. The van der Waals surface area contributed by atoms with Crippen LogP contribution < -0.4 is 5.32 Å². The van der Waals surface area contributed by atoms with Crippen molar-refractivity contribution >= 4 is 5.69 Å². The molecule has 1 N–H and O–H groups in total. The Hall–Kier alpha value is -2.12. The number of oxazole rings is 1. The minimum atomic E-state index is -2.20. The lowest BCUT2D eigenvalue weighted by Crippen LogP contribution is -2.10. The van der Waals surface area contributed by atoms with Crippen LogP contribution in [0.2, 0.25) is 0 Å². The summed E-state index contributed by atoms with van der Waals surface area (Å²) in [6.07, 6.45) is 1.36. The van der Waals surface area contributed by atoms with E-state index in [1.54, 1.807) is 6.92 Å². The molecule has 0 fully saturated rings. The highest BCUT2D eigenvalue weighted by Crippen LogP contribution is 2.27. The molecule has 0 atom stereocenters. The highest BCUT2D eigenvalue weighted by molar-refractivity contribution is 5.47. The summed E-state index contributed by atoms with van der Waals surface area (Å²) >= 11 is 0. The van der Waals surface area contributed by atoms with Crippen molar-refractivity contribution < 1.29 is 26.4 Å². The van der Waals surface area contributed by atoms with E-state index in [-0.39, 0.29) is 12.4 Å². The van der Waals surface area contributed by atoms with E-state index in [9.17, 15) is 22.0 Å². The van der Waals surface area contributed by atoms with Gasteiger partial charge in [-0.15, -0.1) is 0 Å². The summed E-state index contributed by atoms with van der Waals surface area (Å²) in [6.45, 7) is 1.28. The monoisotopic (exact) mass is 278 g/mol. The number of benzene rings is 1. The van der Waals surface area contributed by atoms with Gasteiger partial charge in [-0.2, -0.15) is 0 Å². The predicted octanol–water partition coefficient (Wildman–Crippen LogP) is 3.29. The van der Waals surface area contributed by atoms with Crippen LogP contribution in [-0.2, 0) is 6.54 Å². The second kappa shape index (κ2) is 4.87. The molecule has 0 aliphatic rings. The van der Waals surface area contributed by atoms with Gasteiger partial charge in [-0.25, -0.2) is 26.9 Å². The number of nitrogens with one attached hydrogen (secondary N) is 1. The van der Waals surface area contributed by atoms with Crippen molar-refractivity contribution in [1.82, 2.24) is 4.98 Å². The zero-order valence-corrected chi connectivity index (χ0v) is 9.53.